The van der Waals surface area contributed by atoms with Crippen LogP contribution in [0.1, 0.15) is 6.42 Å². The fourth-order valence-corrected chi connectivity index (χ4v) is 5.26. The molecule has 2 aliphatic rings. The number of aliphatic hydroxyl groups excluding tert-OH is 4. The molecule has 0 saturated carbocycles. The van der Waals surface area contributed by atoms with E-state index in [1.807, 2.05) is 4.90 Å². The van der Waals surface area contributed by atoms with Crippen molar-refractivity contribution in [1.82, 2.24) is 4.90 Å². The Labute approximate surface area is 109 Å². The Morgan fingerprint density at radius 3 is 2.33 bits per heavy atom. The summed E-state index contributed by atoms with van der Waals surface area (Å²) in [6.45, 7) is 7.04. The van der Waals surface area contributed by atoms with Gasteiger partial charge in [-0.15, -0.1) is 0 Å². The number of rotatable bonds is 3. The molecule has 2 rings (SSSR count). The van der Waals surface area contributed by atoms with Crippen molar-refractivity contribution in [2.75, 3.05) is 13.2 Å². The molecule has 0 aromatic rings. The van der Waals surface area contributed by atoms with E-state index in [1.54, 1.807) is 0 Å². The highest BCUT2D eigenvalue weighted by Gasteiger charge is 2.61. The van der Waals surface area contributed by atoms with Crippen LogP contribution in [-0.4, -0.2) is 76.4 Å². The van der Waals surface area contributed by atoms with Crippen LogP contribution in [-0.2, 0) is 0 Å². The second-order valence-electron chi connectivity index (χ2n) is 7.04. The van der Waals surface area contributed by atoms with Crippen LogP contribution in [0.2, 0.25) is 25.7 Å². The minimum atomic E-state index is -1.22. The van der Waals surface area contributed by atoms with Gasteiger partial charge in [0.1, 0.15) is 12.2 Å². The van der Waals surface area contributed by atoms with E-state index in [4.69, 9.17) is 0 Å². The van der Waals surface area contributed by atoms with Crippen molar-refractivity contribution in [3.8, 4) is 0 Å². The molecule has 0 aliphatic carbocycles. The first-order valence-corrected chi connectivity index (χ1v) is 10.3. The van der Waals surface area contributed by atoms with E-state index in [9.17, 15) is 20.4 Å². The first kappa shape index (κ1) is 14.4. The quantitative estimate of drug-likeness (QED) is 0.508. The molecule has 0 bridgehead atoms. The molecule has 0 radical (unpaired) electrons. The number of piperidine rings is 1. The maximum atomic E-state index is 10.1. The van der Waals surface area contributed by atoms with Crippen LogP contribution >= 0.6 is 0 Å². The molecule has 2 fully saturated rings. The Morgan fingerprint density at radius 1 is 1.22 bits per heavy atom. The van der Waals surface area contributed by atoms with Gasteiger partial charge in [0, 0.05) is 20.7 Å². The lowest BCUT2D eigenvalue weighted by Gasteiger charge is -2.64. The Balaban J connectivity index is 2.13. The van der Waals surface area contributed by atoms with E-state index in [2.05, 4.69) is 19.6 Å². The maximum absolute atomic E-state index is 10.1. The van der Waals surface area contributed by atoms with Crippen molar-refractivity contribution in [2.45, 2.75) is 62.0 Å². The molecule has 106 valence electrons. The van der Waals surface area contributed by atoms with Gasteiger partial charge in [0.2, 0.25) is 0 Å². The molecule has 2 heterocycles. The summed E-state index contributed by atoms with van der Waals surface area (Å²) in [5.74, 6) is 0. The van der Waals surface area contributed by atoms with Crippen LogP contribution in [0.25, 0.3) is 0 Å². The summed E-state index contributed by atoms with van der Waals surface area (Å²) in [4.78, 5) is 2.01. The first-order chi connectivity index (χ1) is 8.21. The van der Waals surface area contributed by atoms with E-state index in [0.717, 1.165) is 6.04 Å². The average Bonchev–Trinajstić information content (AvgIpc) is 2.26. The zero-order chi connectivity index (χ0) is 13.7. The fourth-order valence-electron chi connectivity index (χ4n) is 3.48. The van der Waals surface area contributed by atoms with Crippen molar-refractivity contribution >= 4 is 8.07 Å². The number of hydrogen-bond acceptors (Lipinski definition) is 5. The fraction of sp³-hybridized carbons (Fsp3) is 1.00. The van der Waals surface area contributed by atoms with Gasteiger partial charge in [-0.3, -0.25) is 4.90 Å². The minimum Gasteiger partial charge on any atom is -0.394 e. The molecule has 18 heavy (non-hydrogen) atoms. The molecule has 0 amide bonds. The molecule has 6 heteroatoms. The topological polar surface area (TPSA) is 84.2 Å². The second kappa shape index (κ2) is 4.54. The highest BCUT2D eigenvalue weighted by molar-refractivity contribution is 6.76. The van der Waals surface area contributed by atoms with Crippen molar-refractivity contribution < 1.29 is 20.4 Å². The molecule has 4 N–H and O–H groups in total. The average molecular weight is 275 g/mol. The van der Waals surface area contributed by atoms with Crippen molar-refractivity contribution in [1.29, 1.82) is 0 Å². The standard InChI is InChI=1S/C12H25NO4Si/c1-18(2,3)6-8-4-12(7-14)11(17)10(16)9(15)5-13(8)12/h8-11,14-17H,4-7H2,1-3H3/t8-,9-,10+,11-,12+/m0/s1. The van der Waals surface area contributed by atoms with Gasteiger partial charge >= 0.3 is 0 Å². The van der Waals surface area contributed by atoms with Crippen molar-refractivity contribution in [3.05, 3.63) is 0 Å². The lowest BCUT2D eigenvalue weighted by Crippen LogP contribution is -2.80. The highest BCUT2D eigenvalue weighted by atomic mass is 28.3. The van der Waals surface area contributed by atoms with Gasteiger partial charge in [-0.05, 0) is 12.5 Å². The SMILES string of the molecule is C[Si](C)(C)C[C@@H]1C[C@@]2(CO)[C@@H](O)[C@H](O)[C@@H](O)CN12. The molecule has 5 atom stereocenters. The largest absolute Gasteiger partial charge is 0.394 e. The molecule has 0 unspecified atom stereocenters. The number of fused-ring (bicyclic) bond motifs is 1. The van der Waals surface area contributed by atoms with Gasteiger partial charge in [-0.25, -0.2) is 0 Å². The summed E-state index contributed by atoms with van der Waals surface area (Å²) in [6, 6.07) is 1.41. The minimum absolute atomic E-state index is 0.167. The normalized spacial score (nSPS) is 45.5. The maximum Gasteiger partial charge on any atom is 0.109 e. The van der Waals surface area contributed by atoms with Gasteiger partial charge in [0.25, 0.3) is 0 Å². The van der Waals surface area contributed by atoms with E-state index in [0.29, 0.717) is 19.0 Å². The lowest BCUT2D eigenvalue weighted by molar-refractivity contribution is -0.243. The van der Waals surface area contributed by atoms with Gasteiger partial charge in [-0.1, -0.05) is 19.6 Å². The molecule has 2 aliphatic heterocycles. The zero-order valence-electron chi connectivity index (χ0n) is 11.4. The number of nitrogens with zero attached hydrogens (tertiary/aromatic N) is 1. The van der Waals surface area contributed by atoms with E-state index >= 15 is 0 Å². The van der Waals surface area contributed by atoms with Crippen LogP contribution in [0.3, 0.4) is 0 Å². The summed E-state index contributed by atoms with van der Waals surface area (Å²) in [7, 11) is -1.22. The highest BCUT2D eigenvalue weighted by Crippen LogP contribution is 2.46. The predicted molar refractivity (Wildman–Crippen MR) is 71.1 cm³/mol. The molecule has 2 saturated heterocycles. The smallest absolute Gasteiger partial charge is 0.109 e. The van der Waals surface area contributed by atoms with Crippen LogP contribution in [0.15, 0.2) is 0 Å². The molecule has 0 aromatic carbocycles. The molecule has 0 aromatic heterocycles. The van der Waals surface area contributed by atoms with Gasteiger partial charge in [0.05, 0.1) is 18.2 Å². The van der Waals surface area contributed by atoms with E-state index in [-0.39, 0.29) is 6.61 Å². The summed E-state index contributed by atoms with van der Waals surface area (Å²) in [6.07, 6.45) is -2.44. The first-order valence-electron chi connectivity index (χ1n) is 6.63. The Bertz CT molecular complexity index is 322. The zero-order valence-corrected chi connectivity index (χ0v) is 12.4. The third-order valence-electron chi connectivity index (χ3n) is 4.38. The molecular formula is C12H25NO4Si. The number of β-amino-alcohol motifs (C(OH)–C–C–N with tert-alkyl or cyclic N) is 1. The molecule has 0 spiro atoms. The Hall–Kier alpha value is 0.0169. The predicted octanol–water partition coefficient (Wildman–Crippen LogP) is -0.774. The van der Waals surface area contributed by atoms with Crippen LogP contribution in [0, 0.1) is 0 Å². The van der Waals surface area contributed by atoms with E-state index in [1.165, 1.54) is 0 Å². The van der Waals surface area contributed by atoms with Crippen LogP contribution in [0.5, 0.6) is 0 Å². The summed E-state index contributed by atoms with van der Waals surface area (Å²) < 4.78 is 0. The summed E-state index contributed by atoms with van der Waals surface area (Å²) in [5.41, 5.74) is -0.733. The Kier molecular flexibility index (Phi) is 3.64. The van der Waals surface area contributed by atoms with E-state index < -0.39 is 31.9 Å². The van der Waals surface area contributed by atoms with Crippen LogP contribution in [0.4, 0.5) is 0 Å². The van der Waals surface area contributed by atoms with Gasteiger partial charge < -0.3 is 20.4 Å². The molecular weight excluding hydrogens is 250 g/mol. The third kappa shape index (κ3) is 2.15. The molecule has 5 nitrogen and oxygen atoms in total. The summed E-state index contributed by atoms with van der Waals surface area (Å²) in [5, 5.41) is 39.2. The van der Waals surface area contributed by atoms with Gasteiger partial charge in [0.15, 0.2) is 0 Å². The second-order valence-corrected chi connectivity index (χ2v) is 12.6. The number of hydrogen-bond donors (Lipinski definition) is 4. The van der Waals surface area contributed by atoms with Gasteiger partial charge in [-0.2, -0.15) is 0 Å². The Morgan fingerprint density at radius 2 is 1.83 bits per heavy atom. The third-order valence-corrected chi connectivity index (χ3v) is 6.07. The lowest BCUT2D eigenvalue weighted by atomic mass is 9.69. The number of aliphatic hydroxyl groups is 4. The van der Waals surface area contributed by atoms with Crippen molar-refractivity contribution in [3.63, 3.8) is 0 Å². The monoisotopic (exact) mass is 275 g/mol. The van der Waals surface area contributed by atoms with Crippen LogP contribution < -0.4 is 0 Å². The summed E-state index contributed by atoms with van der Waals surface area (Å²) >= 11 is 0. The van der Waals surface area contributed by atoms with Crippen molar-refractivity contribution in [2.24, 2.45) is 0 Å².